The van der Waals surface area contributed by atoms with Crippen LogP contribution < -0.4 is 5.73 Å². The summed E-state index contributed by atoms with van der Waals surface area (Å²) >= 11 is 0. The lowest BCUT2D eigenvalue weighted by molar-refractivity contribution is 0.417. The SMILES string of the molecule is Cc1cc(N)cc(S(=O)(=O)N(C)CC(C)C)c1C. The zero-order valence-corrected chi connectivity index (χ0v) is 12.5. The van der Waals surface area contributed by atoms with Crippen LogP contribution >= 0.6 is 0 Å². The first-order valence-corrected chi connectivity index (χ1v) is 7.43. The van der Waals surface area contributed by atoms with Crippen molar-refractivity contribution >= 4 is 15.7 Å². The second-order valence-corrected chi connectivity index (χ2v) is 7.15. The van der Waals surface area contributed by atoms with Gasteiger partial charge in [-0.3, -0.25) is 0 Å². The summed E-state index contributed by atoms with van der Waals surface area (Å²) in [6.07, 6.45) is 0. The average molecular weight is 270 g/mol. The van der Waals surface area contributed by atoms with Crippen molar-refractivity contribution in [3.05, 3.63) is 23.3 Å². The van der Waals surface area contributed by atoms with Crippen LogP contribution in [0.1, 0.15) is 25.0 Å². The first-order chi connectivity index (χ1) is 8.16. The molecule has 0 saturated carbocycles. The van der Waals surface area contributed by atoms with Crippen molar-refractivity contribution < 1.29 is 8.42 Å². The minimum absolute atomic E-state index is 0.284. The highest BCUT2D eigenvalue weighted by Crippen LogP contribution is 2.25. The standard InChI is InChI=1S/C13H22N2O2S/c1-9(2)8-15(5)18(16,17)13-7-12(14)6-10(3)11(13)4/h6-7,9H,8,14H2,1-5H3. The minimum Gasteiger partial charge on any atom is -0.399 e. The zero-order chi connectivity index (χ0) is 14.1. The second-order valence-electron chi connectivity index (χ2n) is 5.14. The quantitative estimate of drug-likeness (QED) is 0.853. The summed E-state index contributed by atoms with van der Waals surface area (Å²) in [6, 6.07) is 3.32. The Labute approximate surface area is 110 Å². The maximum Gasteiger partial charge on any atom is 0.243 e. The molecule has 18 heavy (non-hydrogen) atoms. The Morgan fingerprint density at radius 1 is 1.28 bits per heavy atom. The molecule has 102 valence electrons. The molecule has 2 N–H and O–H groups in total. The number of sulfonamides is 1. The summed E-state index contributed by atoms with van der Waals surface area (Å²) in [5.41, 5.74) is 7.88. The van der Waals surface area contributed by atoms with Gasteiger partial charge >= 0.3 is 0 Å². The van der Waals surface area contributed by atoms with Crippen LogP contribution in [0.25, 0.3) is 0 Å². The molecule has 0 aliphatic carbocycles. The maximum absolute atomic E-state index is 12.5. The van der Waals surface area contributed by atoms with E-state index in [1.54, 1.807) is 13.1 Å². The summed E-state index contributed by atoms with van der Waals surface area (Å²) < 4.78 is 26.3. The van der Waals surface area contributed by atoms with Gasteiger partial charge in [0.05, 0.1) is 4.90 Å². The molecule has 0 heterocycles. The Morgan fingerprint density at radius 2 is 1.83 bits per heavy atom. The van der Waals surface area contributed by atoms with Gasteiger partial charge in [0.1, 0.15) is 0 Å². The fourth-order valence-electron chi connectivity index (χ4n) is 1.90. The molecule has 5 heteroatoms. The fraction of sp³-hybridized carbons (Fsp3) is 0.538. The molecule has 0 aliphatic rings. The van der Waals surface area contributed by atoms with Crippen molar-refractivity contribution in [3.63, 3.8) is 0 Å². The molecule has 0 spiro atoms. The summed E-state index contributed by atoms with van der Waals surface area (Å²) in [6.45, 7) is 8.15. The smallest absolute Gasteiger partial charge is 0.243 e. The first-order valence-electron chi connectivity index (χ1n) is 5.99. The van der Waals surface area contributed by atoms with E-state index in [2.05, 4.69) is 0 Å². The summed E-state index contributed by atoms with van der Waals surface area (Å²) in [5.74, 6) is 0.284. The van der Waals surface area contributed by atoms with Crippen LogP contribution in [0, 0.1) is 19.8 Å². The van der Waals surface area contributed by atoms with Gasteiger partial charge in [-0.15, -0.1) is 0 Å². The van der Waals surface area contributed by atoms with Gasteiger partial charge in [-0.1, -0.05) is 13.8 Å². The molecule has 0 fully saturated rings. The van der Waals surface area contributed by atoms with Crippen LogP contribution in [0.4, 0.5) is 5.69 Å². The molecule has 0 unspecified atom stereocenters. The lowest BCUT2D eigenvalue weighted by Crippen LogP contribution is -2.31. The third-order valence-corrected chi connectivity index (χ3v) is 4.90. The van der Waals surface area contributed by atoms with E-state index in [4.69, 9.17) is 5.73 Å². The molecule has 0 amide bonds. The van der Waals surface area contributed by atoms with Crippen molar-refractivity contribution in [1.29, 1.82) is 0 Å². The third kappa shape index (κ3) is 3.03. The normalized spacial score (nSPS) is 12.4. The predicted molar refractivity (Wildman–Crippen MR) is 75.0 cm³/mol. The molecule has 0 saturated heterocycles. The fourth-order valence-corrected chi connectivity index (χ4v) is 3.57. The van der Waals surface area contributed by atoms with Gasteiger partial charge in [-0.25, -0.2) is 12.7 Å². The van der Waals surface area contributed by atoms with Crippen LogP contribution in [0.5, 0.6) is 0 Å². The predicted octanol–water partition coefficient (Wildman–Crippen LogP) is 2.16. The summed E-state index contributed by atoms with van der Waals surface area (Å²) in [5, 5.41) is 0. The van der Waals surface area contributed by atoms with E-state index in [1.807, 2.05) is 27.7 Å². The maximum atomic E-state index is 12.5. The first kappa shape index (κ1) is 15.0. The number of hydrogen-bond donors (Lipinski definition) is 1. The number of rotatable bonds is 4. The topological polar surface area (TPSA) is 63.4 Å². The lowest BCUT2D eigenvalue weighted by Gasteiger charge is -2.21. The summed E-state index contributed by atoms with van der Waals surface area (Å²) in [7, 11) is -1.85. The molecule has 1 aromatic carbocycles. The van der Waals surface area contributed by atoms with E-state index in [-0.39, 0.29) is 5.92 Å². The van der Waals surface area contributed by atoms with Gasteiger partial charge in [0.25, 0.3) is 0 Å². The Balaban J connectivity index is 3.29. The Morgan fingerprint density at radius 3 is 2.33 bits per heavy atom. The number of hydrogen-bond acceptors (Lipinski definition) is 3. The van der Waals surface area contributed by atoms with E-state index < -0.39 is 10.0 Å². The molecular weight excluding hydrogens is 248 g/mol. The van der Waals surface area contributed by atoms with Crippen LogP contribution in [-0.2, 0) is 10.0 Å². The largest absolute Gasteiger partial charge is 0.399 e. The summed E-state index contributed by atoms with van der Waals surface area (Å²) in [4.78, 5) is 0.308. The van der Waals surface area contributed by atoms with Crippen molar-refractivity contribution in [2.24, 2.45) is 5.92 Å². The van der Waals surface area contributed by atoms with Crippen molar-refractivity contribution in [2.75, 3.05) is 19.3 Å². The van der Waals surface area contributed by atoms with E-state index in [0.29, 0.717) is 17.1 Å². The minimum atomic E-state index is -3.46. The Kier molecular flexibility index (Phi) is 4.40. The van der Waals surface area contributed by atoms with Crippen LogP contribution in [0.15, 0.2) is 17.0 Å². The Bertz CT molecular complexity index is 536. The third-order valence-electron chi connectivity index (χ3n) is 2.95. The Hall–Kier alpha value is -1.07. The molecule has 0 radical (unpaired) electrons. The van der Waals surface area contributed by atoms with E-state index in [0.717, 1.165) is 11.1 Å². The van der Waals surface area contributed by atoms with E-state index >= 15 is 0 Å². The molecule has 4 nitrogen and oxygen atoms in total. The van der Waals surface area contributed by atoms with Crippen LogP contribution in [0.2, 0.25) is 0 Å². The monoisotopic (exact) mass is 270 g/mol. The molecule has 1 aromatic rings. The molecule has 0 aromatic heterocycles. The number of aryl methyl sites for hydroxylation is 1. The van der Waals surface area contributed by atoms with Crippen LogP contribution in [0.3, 0.4) is 0 Å². The van der Waals surface area contributed by atoms with Gasteiger partial charge in [-0.05, 0) is 43.0 Å². The molecule has 0 bridgehead atoms. The lowest BCUT2D eigenvalue weighted by atomic mass is 10.1. The van der Waals surface area contributed by atoms with Gasteiger partial charge in [-0.2, -0.15) is 0 Å². The number of nitrogens with two attached hydrogens (primary N) is 1. The highest BCUT2D eigenvalue weighted by atomic mass is 32.2. The number of anilines is 1. The van der Waals surface area contributed by atoms with Crippen molar-refractivity contribution in [2.45, 2.75) is 32.6 Å². The molecule has 1 rings (SSSR count). The number of nitrogen functional groups attached to an aromatic ring is 1. The highest BCUT2D eigenvalue weighted by Gasteiger charge is 2.24. The average Bonchev–Trinajstić information content (AvgIpc) is 2.22. The van der Waals surface area contributed by atoms with Gasteiger partial charge < -0.3 is 5.73 Å². The van der Waals surface area contributed by atoms with Gasteiger partial charge in [0.2, 0.25) is 10.0 Å². The molecule has 0 atom stereocenters. The number of benzene rings is 1. The second kappa shape index (κ2) is 5.28. The van der Waals surface area contributed by atoms with E-state index in [9.17, 15) is 8.42 Å². The highest BCUT2D eigenvalue weighted by molar-refractivity contribution is 7.89. The van der Waals surface area contributed by atoms with Crippen LogP contribution in [-0.4, -0.2) is 26.3 Å². The van der Waals surface area contributed by atoms with Crippen molar-refractivity contribution in [3.8, 4) is 0 Å². The zero-order valence-electron chi connectivity index (χ0n) is 11.7. The molecule has 0 aliphatic heterocycles. The van der Waals surface area contributed by atoms with Crippen molar-refractivity contribution in [1.82, 2.24) is 4.31 Å². The number of nitrogens with zero attached hydrogens (tertiary/aromatic N) is 1. The van der Waals surface area contributed by atoms with E-state index in [1.165, 1.54) is 10.4 Å². The van der Waals surface area contributed by atoms with Gasteiger partial charge in [0, 0.05) is 19.3 Å². The van der Waals surface area contributed by atoms with Gasteiger partial charge in [0.15, 0.2) is 0 Å². The molecular formula is C13H22N2O2S.